The molecule has 0 fully saturated rings. The van der Waals surface area contributed by atoms with Gasteiger partial charge >= 0.3 is 0 Å². The number of benzene rings is 2. The fourth-order valence-corrected chi connectivity index (χ4v) is 2.99. The number of nitrogens with zero attached hydrogens (tertiary/aromatic N) is 1. The van der Waals surface area contributed by atoms with Gasteiger partial charge in [-0.2, -0.15) is 0 Å². The highest BCUT2D eigenvalue weighted by atomic mass is 35.5. The summed E-state index contributed by atoms with van der Waals surface area (Å²) in [5.74, 6) is 0. The van der Waals surface area contributed by atoms with Crippen molar-refractivity contribution in [1.82, 2.24) is 0 Å². The Labute approximate surface area is 122 Å². The second-order valence-corrected chi connectivity index (χ2v) is 5.71. The van der Waals surface area contributed by atoms with Crippen LogP contribution in [0.3, 0.4) is 0 Å². The number of rotatable bonds is 1. The van der Waals surface area contributed by atoms with Gasteiger partial charge in [-0.3, -0.25) is 0 Å². The van der Waals surface area contributed by atoms with E-state index in [-0.39, 0.29) is 0 Å². The predicted octanol–water partition coefficient (Wildman–Crippen LogP) is 4.40. The number of nitrogen functional groups attached to an aromatic ring is 1. The Bertz CT molecular complexity index is 653. The van der Waals surface area contributed by atoms with Gasteiger partial charge < -0.3 is 10.6 Å². The summed E-state index contributed by atoms with van der Waals surface area (Å²) in [5.41, 5.74) is 11.3. The number of hydrogen-bond donors (Lipinski definition) is 1. The van der Waals surface area contributed by atoms with Crippen LogP contribution < -0.4 is 10.6 Å². The monoisotopic (exact) mass is 292 g/mol. The Morgan fingerprint density at radius 2 is 1.89 bits per heavy atom. The van der Waals surface area contributed by atoms with Gasteiger partial charge in [0, 0.05) is 23.8 Å². The maximum atomic E-state index is 6.33. The lowest BCUT2D eigenvalue weighted by atomic mass is 10.1. The number of nitrogens with two attached hydrogens (primary N) is 1. The van der Waals surface area contributed by atoms with Crippen molar-refractivity contribution in [2.75, 3.05) is 10.6 Å². The SMILES string of the molecule is Cc1cc(Cl)c(N2Cc3cccc(N)c3C2)cc1Cl. The van der Waals surface area contributed by atoms with Crippen LogP contribution in [0.15, 0.2) is 30.3 Å². The standard InChI is InChI=1S/C15H14Cl2N2/c1-9-5-13(17)15(6-12(9)16)19-7-10-3-2-4-14(18)11(10)8-19/h2-6H,7-8,18H2,1H3. The molecule has 2 aromatic rings. The molecule has 0 atom stereocenters. The molecule has 0 bridgehead atoms. The van der Waals surface area contributed by atoms with E-state index in [9.17, 15) is 0 Å². The quantitative estimate of drug-likeness (QED) is 0.789. The third kappa shape index (κ3) is 2.15. The van der Waals surface area contributed by atoms with Gasteiger partial charge in [0.15, 0.2) is 0 Å². The first-order valence-corrected chi connectivity index (χ1v) is 6.88. The first-order chi connectivity index (χ1) is 9.06. The molecule has 1 heterocycles. The third-order valence-corrected chi connectivity index (χ3v) is 4.30. The fraction of sp³-hybridized carbons (Fsp3) is 0.200. The smallest absolute Gasteiger partial charge is 0.0643 e. The van der Waals surface area contributed by atoms with E-state index in [4.69, 9.17) is 28.9 Å². The van der Waals surface area contributed by atoms with Crippen LogP contribution in [0.1, 0.15) is 16.7 Å². The van der Waals surface area contributed by atoms with Crippen LogP contribution in [0, 0.1) is 6.92 Å². The minimum atomic E-state index is 0.730. The topological polar surface area (TPSA) is 29.3 Å². The van der Waals surface area contributed by atoms with Crippen LogP contribution in [-0.4, -0.2) is 0 Å². The van der Waals surface area contributed by atoms with Crippen LogP contribution in [0.2, 0.25) is 10.0 Å². The summed E-state index contributed by atoms with van der Waals surface area (Å²) in [6.07, 6.45) is 0. The van der Waals surface area contributed by atoms with Crippen molar-refractivity contribution in [2.45, 2.75) is 20.0 Å². The molecule has 0 saturated carbocycles. The lowest BCUT2D eigenvalue weighted by Gasteiger charge is -2.20. The molecule has 98 valence electrons. The van der Waals surface area contributed by atoms with E-state index in [1.54, 1.807) is 0 Å². The average Bonchev–Trinajstić information content (AvgIpc) is 2.79. The Morgan fingerprint density at radius 3 is 2.63 bits per heavy atom. The Morgan fingerprint density at radius 1 is 1.11 bits per heavy atom. The number of anilines is 2. The minimum absolute atomic E-state index is 0.730. The van der Waals surface area contributed by atoms with Crippen LogP contribution >= 0.6 is 23.2 Å². The van der Waals surface area contributed by atoms with E-state index >= 15 is 0 Å². The summed E-state index contributed by atoms with van der Waals surface area (Å²) >= 11 is 12.5. The van der Waals surface area contributed by atoms with Crippen molar-refractivity contribution >= 4 is 34.6 Å². The summed E-state index contributed by atoms with van der Waals surface area (Å²) in [6, 6.07) is 9.87. The van der Waals surface area contributed by atoms with E-state index < -0.39 is 0 Å². The van der Waals surface area contributed by atoms with Gasteiger partial charge in [0.05, 0.1) is 10.7 Å². The molecule has 0 radical (unpaired) electrons. The van der Waals surface area contributed by atoms with Crippen molar-refractivity contribution in [1.29, 1.82) is 0 Å². The first-order valence-electron chi connectivity index (χ1n) is 6.13. The molecule has 19 heavy (non-hydrogen) atoms. The van der Waals surface area contributed by atoms with Gasteiger partial charge in [-0.05, 0) is 41.8 Å². The summed E-state index contributed by atoms with van der Waals surface area (Å²) in [6.45, 7) is 3.55. The average molecular weight is 293 g/mol. The van der Waals surface area contributed by atoms with Gasteiger partial charge in [0.25, 0.3) is 0 Å². The molecule has 1 aliphatic heterocycles. The van der Waals surface area contributed by atoms with Crippen molar-refractivity contribution in [2.24, 2.45) is 0 Å². The number of fused-ring (bicyclic) bond motifs is 1. The van der Waals surface area contributed by atoms with E-state index in [2.05, 4.69) is 11.0 Å². The molecule has 0 saturated heterocycles. The van der Waals surface area contributed by atoms with E-state index in [1.807, 2.05) is 31.2 Å². The number of aryl methyl sites for hydroxylation is 1. The zero-order chi connectivity index (χ0) is 13.6. The molecule has 2 aromatic carbocycles. The fourth-order valence-electron chi connectivity index (χ4n) is 2.50. The van der Waals surface area contributed by atoms with E-state index in [0.717, 1.165) is 40.1 Å². The van der Waals surface area contributed by atoms with E-state index in [0.29, 0.717) is 0 Å². The largest absolute Gasteiger partial charge is 0.398 e. The highest BCUT2D eigenvalue weighted by Gasteiger charge is 2.23. The summed E-state index contributed by atoms with van der Waals surface area (Å²) < 4.78 is 0. The summed E-state index contributed by atoms with van der Waals surface area (Å²) in [5, 5.41) is 1.47. The highest BCUT2D eigenvalue weighted by Crippen LogP contribution is 2.37. The van der Waals surface area contributed by atoms with Gasteiger partial charge in [0.2, 0.25) is 0 Å². The van der Waals surface area contributed by atoms with Gasteiger partial charge in [-0.15, -0.1) is 0 Å². The number of halogens is 2. The normalized spacial score (nSPS) is 13.7. The van der Waals surface area contributed by atoms with Crippen molar-refractivity contribution in [3.63, 3.8) is 0 Å². The van der Waals surface area contributed by atoms with Crippen molar-refractivity contribution in [3.05, 3.63) is 57.1 Å². The Balaban J connectivity index is 1.99. The molecule has 4 heteroatoms. The lowest BCUT2D eigenvalue weighted by Crippen LogP contribution is -2.15. The highest BCUT2D eigenvalue weighted by molar-refractivity contribution is 6.35. The van der Waals surface area contributed by atoms with E-state index in [1.165, 1.54) is 11.1 Å². The zero-order valence-corrected chi connectivity index (χ0v) is 12.1. The van der Waals surface area contributed by atoms with Crippen molar-refractivity contribution in [3.8, 4) is 0 Å². The molecule has 2 nitrogen and oxygen atoms in total. The Hall–Kier alpha value is -1.38. The molecule has 2 N–H and O–H groups in total. The van der Waals surface area contributed by atoms with Crippen LogP contribution in [0.5, 0.6) is 0 Å². The summed E-state index contributed by atoms with van der Waals surface area (Å²) in [4.78, 5) is 2.20. The predicted molar refractivity (Wildman–Crippen MR) is 81.9 cm³/mol. The van der Waals surface area contributed by atoms with Crippen LogP contribution in [-0.2, 0) is 13.1 Å². The summed E-state index contributed by atoms with van der Waals surface area (Å²) in [7, 11) is 0. The molecule has 0 unspecified atom stereocenters. The molecular weight excluding hydrogens is 279 g/mol. The molecule has 0 amide bonds. The maximum absolute atomic E-state index is 6.33. The molecule has 0 aromatic heterocycles. The number of hydrogen-bond acceptors (Lipinski definition) is 2. The molecule has 1 aliphatic rings. The van der Waals surface area contributed by atoms with Gasteiger partial charge in [-0.25, -0.2) is 0 Å². The minimum Gasteiger partial charge on any atom is -0.398 e. The lowest BCUT2D eigenvalue weighted by molar-refractivity contribution is 0.881. The maximum Gasteiger partial charge on any atom is 0.0643 e. The molecule has 0 spiro atoms. The molecular formula is C15H14Cl2N2. The molecule has 3 rings (SSSR count). The van der Waals surface area contributed by atoms with Crippen molar-refractivity contribution < 1.29 is 0 Å². The Kier molecular flexibility index (Phi) is 3.08. The van der Waals surface area contributed by atoms with Gasteiger partial charge in [0.1, 0.15) is 0 Å². The first kappa shape index (κ1) is 12.6. The molecule has 0 aliphatic carbocycles. The zero-order valence-electron chi connectivity index (χ0n) is 10.6. The van der Waals surface area contributed by atoms with Crippen LogP contribution in [0.25, 0.3) is 0 Å². The second kappa shape index (κ2) is 4.62. The second-order valence-electron chi connectivity index (χ2n) is 4.89. The van der Waals surface area contributed by atoms with Gasteiger partial charge in [-0.1, -0.05) is 35.3 Å². The van der Waals surface area contributed by atoms with Crippen LogP contribution in [0.4, 0.5) is 11.4 Å². The third-order valence-electron chi connectivity index (χ3n) is 3.59.